The van der Waals surface area contributed by atoms with Gasteiger partial charge in [0.1, 0.15) is 0 Å². The van der Waals surface area contributed by atoms with E-state index < -0.39 is 10.0 Å². The number of sulfonamides is 1. The second-order valence-electron chi connectivity index (χ2n) is 6.23. The maximum absolute atomic E-state index is 11.0. The minimum absolute atomic E-state index is 0. The Balaban J connectivity index is 0.00000529. The minimum Gasteiger partial charge on any atom is -0.357 e. The molecule has 1 heterocycles. The van der Waals surface area contributed by atoms with Gasteiger partial charge in [-0.3, -0.25) is 4.99 Å². The maximum Gasteiger partial charge on any atom is 0.208 e. The van der Waals surface area contributed by atoms with Crippen LogP contribution in [0.1, 0.15) is 33.1 Å². The molecule has 24 heavy (non-hydrogen) atoms. The van der Waals surface area contributed by atoms with Crippen molar-refractivity contribution < 1.29 is 8.42 Å². The van der Waals surface area contributed by atoms with Crippen molar-refractivity contribution in [1.82, 2.24) is 20.3 Å². The lowest BCUT2D eigenvalue weighted by Gasteiger charge is -2.29. The van der Waals surface area contributed by atoms with Crippen molar-refractivity contribution in [2.45, 2.75) is 33.1 Å². The van der Waals surface area contributed by atoms with Crippen molar-refractivity contribution in [3.05, 3.63) is 0 Å². The molecule has 0 amide bonds. The highest BCUT2D eigenvalue weighted by molar-refractivity contribution is 14.0. The average Bonchev–Trinajstić information content (AvgIpc) is 2.48. The number of likely N-dealkylation sites (tertiary alicyclic amines) is 1. The van der Waals surface area contributed by atoms with E-state index in [2.05, 4.69) is 32.2 Å². The van der Waals surface area contributed by atoms with Gasteiger partial charge < -0.3 is 15.5 Å². The second kappa shape index (κ2) is 13.1. The summed E-state index contributed by atoms with van der Waals surface area (Å²) in [6.07, 6.45) is 4.82. The van der Waals surface area contributed by atoms with Crippen LogP contribution in [0.2, 0.25) is 0 Å². The van der Waals surface area contributed by atoms with E-state index in [4.69, 9.17) is 0 Å². The lowest BCUT2D eigenvalue weighted by molar-refractivity contribution is 0.192. The number of piperidine rings is 1. The SMILES string of the molecule is CCNC(=NCCCN1CCC(C)CC1)NCCNS(C)(=O)=O.I. The molecule has 144 valence electrons. The van der Waals surface area contributed by atoms with Gasteiger partial charge in [-0.2, -0.15) is 0 Å². The third-order valence-electron chi connectivity index (χ3n) is 3.90. The van der Waals surface area contributed by atoms with Crippen molar-refractivity contribution in [3.63, 3.8) is 0 Å². The molecular formula is C15H34IN5O2S. The number of nitrogens with zero attached hydrogens (tertiary/aromatic N) is 2. The lowest BCUT2D eigenvalue weighted by Crippen LogP contribution is -2.41. The largest absolute Gasteiger partial charge is 0.357 e. The van der Waals surface area contributed by atoms with Gasteiger partial charge in [-0.1, -0.05) is 6.92 Å². The van der Waals surface area contributed by atoms with Crippen molar-refractivity contribution in [2.24, 2.45) is 10.9 Å². The monoisotopic (exact) mass is 475 g/mol. The third kappa shape index (κ3) is 12.3. The summed E-state index contributed by atoms with van der Waals surface area (Å²) < 4.78 is 24.4. The van der Waals surface area contributed by atoms with Crippen LogP contribution < -0.4 is 15.4 Å². The second-order valence-corrected chi connectivity index (χ2v) is 8.06. The Kier molecular flexibility index (Phi) is 13.1. The Labute approximate surface area is 164 Å². The number of aliphatic imine (C=N–C) groups is 1. The first-order valence-corrected chi connectivity index (χ1v) is 10.5. The molecule has 1 aliphatic rings. The number of guanidine groups is 1. The molecule has 0 spiro atoms. The first-order valence-electron chi connectivity index (χ1n) is 8.60. The molecule has 1 aliphatic heterocycles. The maximum atomic E-state index is 11.0. The third-order valence-corrected chi connectivity index (χ3v) is 4.63. The van der Waals surface area contributed by atoms with Gasteiger partial charge in [-0.15, -0.1) is 24.0 Å². The summed E-state index contributed by atoms with van der Waals surface area (Å²) in [4.78, 5) is 7.06. The Hall–Kier alpha value is -0.130. The van der Waals surface area contributed by atoms with E-state index in [1.807, 2.05) is 6.92 Å². The summed E-state index contributed by atoms with van der Waals surface area (Å²) in [7, 11) is -3.13. The van der Waals surface area contributed by atoms with Crippen molar-refractivity contribution in [1.29, 1.82) is 0 Å². The number of nitrogens with one attached hydrogen (secondary N) is 3. The van der Waals surface area contributed by atoms with E-state index in [1.165, 1.54) is 25.9 Å². The standard InChI is InChI=1S/C15H33N5O2S.HI/c1-4-16-15(18-9-10-19-23(3,21)22)17-8-5-11-20-12-6-14(2)7-13-20;/h14,19H,4-13H2,1-3H3,(H2,16,17,18);1H. The molecule has 0 aliphatic carbocycles. The molecule has 0 radical (unpaired) electrons. The number of hydrogen-bond acceptors (Lipinski definition) is 4. The molecule has 3 N–H and O–H groups in total. The molecule has 0 unspecified atom stereocenters. The van der Waals surface area contributed by atoms with Crippen LogP contribution in [0.3, 0.4) is 0 Å². The molecule has 1 saturated heterocycles. The van der Waals surface area contributed by atoms with Crippen molar-refractivity contribution >= 4 is 40.0 Å². The van der Waals surface area contributed by atoms with E-state index in [1.54, 1.807) is 0 Å². The van der Waals surface area contributed by atoms with Crippen LogP contribution in [0, 0.1) is 5.92 Å². The fraction of sp³-hybridized carbons (Fsp3) is 0.933. The van der Waals surface area contributed by atoms with Crippen LogP contribution in [0.4, 0.5) is 0 Å². The molecule has 1 fully saturated rings. The van der Waals surface area contributed by atoms with Crippen LogP contribution in [0.25, 0.3) is 0 Å². The predicted octanol–water partition coefficient (Wildman–Crippen LogP) is 0.831. The zero-order chi connectivity index (χ0) is 17.1. The van der Waals surface area contributed by atoms with Gasteiger partial charge in [0.25, 0.3) is 0 Å². The minimum atomic E-state index is -3.13. The van der Waals surface area contributed by atoms with Gasteiger partial charge in [0.15, 0.2) is 5.96 Å². The number of hydrogen-bond donors (Lipinski definition) is 3. The Morgan fingerprint density at radius 1 is 1.21 bits per heavy atom. The summed E-state index contributed by atoms with van der Waals surface area (Å²) in [6.45, 7) is 10.3. The van der Waals surface area contributed by atoms with Crippen LogP contribution in [0.5, 0.6) is 0 Å². The van der Waals surface area contributed by atoms with E-state index in [-0.39, 0.29) is 24.0 Å². The highest BCUT2D eigenvalue weighted by Gasteiger charge is 2.14. The normalized spacial score (nSPS) is 17.4. The Bertz CT molecular complexity index is 451. The first-order chi connectivity index (χ1) is 10.9. The molecular weight excluding hydrogens is 441 g/mol. The van der Waals surface area contributed by atoms with Gasteiger partial charge in [-0.05, 0) is 51.7 Å². The Morgan fingerprint density at radius 3 is 2.46 bits per heavy atom. The molecule has 0 aromatic heterocycles. The molecule has 0 aromatic rings. The van der Waals surface area contributed by atoms with Gasteiger partial charge in [0.2, 0.25) is 10.0 Å². The van der Waals surface area contributed by atoms with Crippen LogP contribution in [-0.2, 0) is 10.0 Å². The van der Waals surface area contributed by atoms with E-state index in [0.29, 0.717) is 13.1 Å². The molecule has 0 bridgehead atoms. The van der Waals surface area contributed by atoms with Crippen LogP contribution in [-0.4, -0.2) is 71.3 Å². The zero-order valence-corrected chi connectivity index (χ0v) is 18.3. The molecule has 0 aromatic carbocycles. The average molecular weight is 475 g/mol. The quantitative estimate of drug-likeness (QED) is 0.199. The molecule has 1 rings (SSSR count). The highest BCUT2D eigenvalue weighted by Crippen LogP contribution is 2.15. The molecule has 9 heteroatoms. The van der Waals surface area contributed by atoms with Crippen molar-refractivity contribution in [3.8, 4) is 0 Å². The Morgan fingerprint density at radius 2 is 1.88 bits per heavy atom. The highest BCUT2D eigenvalue weighted by atomic mass is 127. The molecule has 0 atom stereocenters. The lowest BCUT2D eigenvalue weighted by atomic mass is 9.99. The molecule has 0 saturated carbocycles. The molecule has 7 nitrogen and oxygen atoms in total. The topological polar surface area (TPSA) is 85.8 Å². The van der Waals surface area contributed by atoms with Crippen LogP contribution in [0.15, 0.2) is 4.99 Å². The summed E-state index contributed by atoms with van der Waals surface area (Å²) in [5, 5.41) is 6.31. The zero-order valence-electron chi connectivity index (χ0n) is 15.2. The van der Waals surface area contributed by atoms with E-state index >= 15 is 0 Å². The van der Waals surface area contributed by atoms with Gasteiger partial charge >= 0.3 is 0 Å². The van der Waals surface area contributed by atoms with Gasteiger partial charge in [0.05, 0.1) is 6.26 Å². The predicted molar refractivity (Wildman–Crippen MR) is 112 cm³/mol. The number of rotatable bonds is 9. The summed E-state index contributed by atoms with van der Waals surface area (Å²) >= 11 is 0. The fourth-order valence-corrected chi connectivity index (χ4v) is 3.00. The summed E-state index contributed by atoms with van der Waals surface area (Å²) in [6, 6.07) is 0. The summed E-state index contributed by atoms with van der Waals surface area (Å²) in [5.41, 5.74) is 0. The van der Waals surface area contributed by atoms with E-state index in [0.717, 1.165) is 44.2 Å². The van der Waals surface area contributed by atoms with Gasteiger partial charge in [-0.25, -0.2) is 13.1 Å². The van der Waals surface area contributed by atoms with Crippen molar-refractivity contribution in [2.75, 3.05) is 52.1 Å². The first kappa shape index (κ1) is 23.9. The van der Waals surface area contributed by atoms with Crippen LogP contribution >= 0.6 is 24.0 Å². The van der Waals surface area contributed by atoms with E-state index in [9.17, 15) is 8.42 Å². The fourth-order valence-electron chi connectivity index (χ4n) is 2.53. The number of halogens is 1. The smallest absolute Gasteiger partial charge is 0.208 e. The van der Waals surface area contributed by atoms with Gasteiger partial charge in [0, 0.05) is 26.2 Å². The summed E-state index contributed by atoms with van der Waals surface area (Å²) in [5.74, 6) is 1.62.